The van der Waals surface area contributed by atoms with Crippen LogP contribution in [0, 0.1) is 17.0 Å². The summed E-state index contributed by atoms with van der Waals surface area (Å²) in [5.41, 5.74) is -0.528. The summed E-state index contributed by atoms with van der Waals surface area (Å²) < 4.78 is 5.98. The second-order valence-electron chi connectivity index (χ2n) is 4.96. The number of benzene rings is 1. The van der Waals surface area contributed by atoms with Crippen LogP contribution in [-0.2, 0) is 5.60 Å². The Hall–Kier alpha value is -1.86. The predicted octanol–water partition coefficient (Wildman–Crippen LogP) is 3.58. The van der Waals surface area contributed by atoms with Crippen molar-refractivity contribution >= 4 is 27.3 Å². The third-order valence-electron chi connectivity index (χ3n) is 3.06. The highest BCUT2D eigenvalue weighted by atomic mass is 79.9. The molecule has 1 aromatic heterocycles. The first-order chi connectivity index (χ1) is 9.79. The molecule has 0 aliphatic heterocycles. The maximum atomic E-state index is 10.7. The minimum Gasteiger partial charge on any atom is -0.463 e. The number of hydrogen-bond acceptors (Lipinski definition) is 5. The van der Waals surface area contributed by atoms with Gasteiger partial charge in [-0.15, -0.1) is 0 Å². The fourth-order valence-corrected chi connectivity index (χ4v) is 2.35. The zero-order chi connectivity index (χ0) is 15.6. The molecule has 1 aromatic carbocycles. The number of rotatable bonds is 5. The predicted molar refractivity (Wildman–Crippen MR) is 82.3 cm³/mol. The number of nitro benzene ring substituents is 1. The molecule has 0 aliphatic carbocycles. The summed E-state index contributed by atoms with van der Waals surface area (Å²) in [6.07, 6.45) is 0. The van der Waals surface area contributed by atoms with Gasteiger partial charge in [-0.2, -0.15) is 0 Å². The van der Waals surface area contributed by atoms with Crippen LogP contribution in [0.2, 0.25) is 0 Å². The van der Waals surface area contributed by atoms with E-state index in [1.54, 1.807) is 32.0 Å². The monoisotopic (exact) mass is 354 g/mol. The molecule has 1 atom stereocenters. The molecule has 21 heavy (non-hydrogen) atoms. The van der Waals surface area contributed by atoms with E-state index < -0.39 is 10.5 Å². The molecule has 0 saturated heterocycles. The SMILES string of the molecule is Cc1ccc(C(C)(O)CNc2ccc([N+](=O)[O-])cc2Br)o1. The molecule has 7 heteroatoms. The Morgan fingerprint density at radius 3 is 2.67 bits per heavy atom. The number of aliphatic hydroxyl groups is 1. The van der Waals surface area contributed by atoms with Gasteiger partial charge in [0, 0.05) is 22.3 Å². The van der Waals surface area contributed by atoms with Gasteiger partial charge in [-0.1, -0.05) is 0 Å². The second-order valence-corrected chi connectivity index (χ2v) is 5.81. The molecule has 0 fully saturated rings. The van der Waals surface area contributed by atoms with Gasteiger partial charge in [0.15, 0.2) is 0 Å². The molecular weight excluding hydrogens is 340 g/mol. The van der Waals surface area contributed by atoms with Crippen LogP contribution in [0.25, 0.3) is 0 Å². The van der Waals surface area contributed by atoms with Gasteiger partial charge in [-0.05, 0) is 48.0 Å². The van der Waals surface area contributed by atoms with Crippen LogP contribution >= 0.6 is 15.9 Å². The van der Waals surface area contributed by atoms with Crippen molar-refractivity contribution in [3.63, 3.8) is 0 Å². The van der Waals surface area contributed by atoms with Crippen molar-refractivity contribution in [1.82, 2.24) is 0 Å². The van der Waals surface area contributed by atoms with E-state index in [0.717, 1.165) is 5.76 Å². The molecule has 2 rings (SSSR count). The molecule has 6 nitrogen and oxygen atoms in total. The lowest BCUT2D eigenvalue weighted by Gasteiger charge is -2.22. The van der Waals surface area contributed by atoms with Gasteiger partial charge < -0.3 is 14.8 Å². The van der Waals surface area contributed by atoms with E-state index in [-0.39, 0.29) is 12.2 Å². The van der Waals surface area contributed by atoms with Crippen molar-refractivity contribution in [1.29, 1.82) is 0 Å². The Bertz CT molecular complexity index is 667. The van der Waals surface area contributed by atoms with Crippen molar-refractivity contribution in [2.24, 2.45) is 0 Å². The maximum absolute atomic E-state index is 10.7. The van der Waals surface area contributed by atoms with E-state index in [2.05, 4.69) is 21.2 Å². The van der Waals surface area contributed by atoms with E-state index in [1.165, 1.54) is 12.1 Å². The van der Waals surface area contributed by atoms with Crippen LogP contribution in [0.1, 0.15) is 18.4 Å². The van der Waals surface area contributed by atoms with E-state index in [4.69, 9.17) is 4.42 Å². The largest absolute Gasteiger partial charge is 0.463 e. The number of non-ortho nitro benzene ring substituents is 1. The number of nitro groups is 1. The number of furan rings is 1. The first-order valence-corrected chi connectivity index (χ1v) is 7.06. The van der Waals surface area contributed by atoms with Gasteiger partial charge in [0.25, 0.3) is 5.69 Å². The second kappa shape index (κ2) is 5.87. The average molecular weight is 355 g/mol. The van der Waals surface area contributed by atoms with Crippen LogP contribution in [0.15, 0.2) is 39.2 Å². The molecule has 2 aromatic rings. The van der Waals surface area contributed by atoms with Crippen LogP contribution in [-0.4, -0.2) is 16.6 Å². The Morgan fingerprint density at radius 2 is 2.14 bits per heavy atom. The Morgan fingerprint density at radius 1 is 1.43 bits per heavy atom. The van der Waals surface area contributed by atoms with Crippen molar-refractivity contribution in [3.05, 3.63) is 56.4 Å². The van der Waals surface area contributed by atoms with E-state index in [9.17, 15) is 15.2 Å². The summed E-state index contributed by atoms with van der Waals surface area (Å²) in [6.45, 7) is 3.65. The molecule has 2 N–H and O–H groups in total. The van der Waals surface area contributed by atoms with Crippen molar-refractivity contribution in [3.8, 4) is 0 Å². The normalized spacial score (nSPS) is 13.7. The summed E-state index contributed by atoms with van der Waals surface area (Å²) in [5.74, 6) is 1.19. The third-order valence-corrected chi connectivity index (χ3v) is 3.71. The van der Waals surface area contributed by atoms with Crippen LogP contribution < -0.4 is 5.32 Å². The first kappa shape index (κ1) is 15.5. The summed E-state index contributed by atoms with van der Waals surface area (Å²) in [4.78, 5) is 10.2. The van der Waals surface area contributed by atoms with E-state index in [1.807, 2.05) is 0 Å². The van der Waals surface area contributed by atoms with Gasteiger partial charge in [-0.25, -0.2) is 0 Å². The molecule has 0 radical (unpaired) electrons. The number of aryl methyl sites for hydroxylation is 1. The highest BCUT2D eigenvalue weighted by Gasteiger charge is 2.27. The van der Waals surface area contributed by atoms with Gasteiger partial charge in [-0.3, -0.25) is 10.1 Å². The third kappa shape index (κ3) is 3.62. The van der Waals surface area contributed by atoms with Crippen LogP contribution in [0.3, 0.4) is 0 Å². The minimum atomic E-state index is -1.19. The van der Waals surface area contributed by atoms with E-state index >= 15 is 0 Å². The summed E-state index contributed by atoms with van der Waals surface area (Å²) >= 11 is 3.27. The molecule has 1 heterocycles. The van der Waals surface area contributed by atoms with Gasteiger partial charge in [0.05, 0.1) is 11.5 Å². The quantitative estimate of drug-likeness (QED) is 0.632. The van der Waals surface area contributed by atoms with Crippen LogP contribution in [0.4, 0.5) is 11.4 Å². The smallest absolute Gasteiger partial charge is 0.270 e. The number of nitrogens with zero attached hydrogens (tertiary/aromatic N) is 1. The number of nitrogens with one attached hydrogen (secondary N) is 1. The van der Waals surface area contributed by atoms with Gasteiger partial charge >= 0.3 is 0 Å². The highest BCUT2D eigenvalue weighted by Crippen LogP contribution is 2.29. The lowest BCUT2D eigenvalue weighted by atomic mass is 10.0. The number of anilines is 1. The van der Waals surface area contributed by atoms with Gasteiger partial charge in [0.1, 0.15) is 17.1 Å². The van der Waals surface area contributed by atoms with Crippen LogP contribution in [0.5, 0.6) is 0 Å². The molecule has 0 aliphatic rings. The van der Waals surface area contributed by atoms with Crippen molar-refractivity contribution in [2.75, 3.05) is 11.9 Å². The molecule has 0 saturated carbocycles. The summed E-state index contributed by atoms with van der Waals surface area (Å²) in [6, 6.07) is 7.91. The molecule has 112 valence electrons. The lowest BCUT2D eigenvalue weighted by Crippen LogP contribution is -2.30. The summed E-state index contributed by atoms with van der Waals surface area (Å²) in [7, 11) is 0. The molecule has 0 spiro atoms. The average Bonchev–Trinajstić information content (AvgIpc) is 2.84. The highest BCUT2D eigenvalue weighted by molar-refractivity contribution is 9.10. The lowest BCUT2D eigenvalue weighted by molar-refractivity contribution is -0.384. The summed E-state index contributed by atoms with van der Waals surface area (Å²) in [5, 5.41) is 24.1. The first-order valence-electron chi connectivity index (χ1n) is 6.27. The molecular formula is C14H15BrN2O4. The maximum Gasteiger partial charge on any atom is 0.270 e. The Balaban J connectivity index is 2.10. The molecule has 0 amide bonds. The standard InChI is InChI=1S/C14H15BrN2O4/c1-9-3-6-13(21-9)14(2,18)8-16-12-5-4-10(17(19)20)7-11(12)15/h3-7,16,18H,8H2,1-2H3. The fraction of sp³-hybridized carbons (Fsp3) is 0.286. The number of halogens is 1. The minimum absolute atomic E-state index is 0.000782. The fourth-order valence-electron chi connectivity index (χ4n) is 1.84. The van der Waals surface area contributed by atoms with Crippen molar-refractivity contribution < 1.29 is 14.4 Å². The van der Waals surface area contributed by atoms with Crippen molar-refractivity contribution in [2.45, 2.75) is 19.4 Å². The Kier molecular flexibility index (Phi) is 4.34. The van der Waals surface area contributed by atoms with E-state index in [0.29, 0.717) is 15.9 Å². The molecule has 1 unspecified atom stereocenters. The molecule has 0 bridgehead atoms. The Labute approximate surface area is 130 Å². The zero-order valence-corrected chi connectivity index (χ0v) is 13.2. The topological polar surface area (TPSA) is 88.5 Å². The zero-order valence-electron chi connectivity index (χ0n) is 11.6. The van der Waals surface area contributed by atoms with Gasteiger partial charge in [0.2, 0.25) is 0 Å². The number of hydrogen-bond donors (Lipinski definition) is 2.